The molecule has 0 fully saturated rings. The predicted octanol–water partition coefficient (Wildman–Crippen LogP) is 5.17. The zero-order valence-electron chi connectivity index (χ0n) is 15.5. The van der Waals surface area contributed by atoms with Gasteiger partial charge >= 0.3 is 0 Å². The Morgan fingerprint density at radius 3 is 2.58 bits per heavy atom. The highest BCUT2D eigenvalue weighted by Gasteiger charge is 2.40. The van der Waals surface area contributed by atoms with Crippen LogP contribution in [0.1, 0.15) is 76.8 Å². The van der Waals surface area contributed by atoms with Gasteiger partial charge in [0.2, 0.25) is 11.6 Å². The first-order valence-corrected chi connectivity index (χ1v) is 8.98. The fourth-order valence-corrected chi connectivity index (χ4v) is 4.47. The monoisotopic (exact) mass is 350 g/mol. The summed E-state index contributed by atoms with van der Waals surface area (Å²) in [5, 5.41) is 9.33. The lowest BCUT2D eigenvalue weighted by Crippen LogP contribution is -2.29. The lowest BCUT2D eigenvalue weighted by Gasteiger charge is -2.34. The Balaban J connectivity index is 2.05. The average Bonchev–Trinajstić information content (AvgIpc) is 2.95. The Morgan fingerprint density at radius 1 is 1.19 bits per heavy atom. The van der Waals surface area contributed by atoms with E-state index in [9.17, 15) is 14.7 Å². The fraction of sp³-hybridized carbons (Fsp3) is 0.364. The van der Waals surface area contributed by atoms with E-state index >= 15 is 0 Å². The number of carbonyl (C=O) groups excluding carboxylic acids is 2. The van der Waals surface area contributed by atoms with Crippen LogP contribution in [0.25, 0.3) is 16.9 Å². The third kappa shape index (κ3) is 2.08. The number of fused-ring (bicyclic) bond motifs is 5. The first kappa shape index (κ1) is 16.8. The van der Waals surface area contributed by atoms with Gasteiger partial charge in [0.1, 0.15) is 11.5 Å². The zero-order chi connectivity index (χ0) is 18.8. The second-order valence-corrected chi connectivity index (χ2v) is 7.98. The molecule has 1 heterocycles. The van der Waals surface area contributed by atoms with E-state index in [-0.39, 0.29) is 5.41 Å². The molecular formula is C22H22O4. The highest BCUT2D eigenvalue weighted by Crippen LogP contribution is 2.46. The molecule has 2 aliphatic rings. The van der Waals surface area contributed by atoms with Gasteiger partial charge in [-0.15, -0.1) is 0 Å². The van der Waals surface area contributed by atoms with Gasteiger partial charge < -0.3 is 9.52 Å². The third-order valence-electron chi connectivity index (χ3n) is 5.87. The standard InChI is InChI=1S/C22H22O4/c1-11(10-23)20-12(2)16-18(24)19(25)17-13-6-5-9-22(3,4)15(13)8-7-14(17)21(16)26-20/h7-8,10,23H,5-6,9H2,1-4H3/b11-10+. The van der Waals surface area contributed by atoms with Crippen LogP contribution in [0.2, 0.25) is 0 Å². The molecule has 26 heavy (non-hydrogen) atoms. The number of ketones is 2. The lowest BCUT2D eigenvalue weighted by atomic mass is 9.69. The van der Waals surface area contributed by atoms with Crippen molar-refractivity contribution in [2.45, 2.75) is 52.4 Å². The molecule has 4 heteroatoms. The number of furan rings is 1. The van der Waals surface area contributed by atoms with Gasteiger partial charge in [-0.05, 0) is 49.7 Å². The molecule has 1 aromatic carbocycles. The van der Waals surface area contributed by atoms with Gasteiger partial charge in [-0.25, -0.2) is 0 Å². The van der Waals surface area contributed by atoms with Crippen molar-refractivity contribution in [2.75, 3.05) is 0 Å². The maximum atomic E-state index is 13.0. The van der Waals surface area contributed by atoms with E-state index in [0.29, 0.717) is 39.3 Å². The molecule has 0 bridgehead atoms. The van der Waals surface area contributed by atoms with E-state index in [0.717, 1.165) is 36.7 Å². The summed E-state index contributed by atoms with van der Waals surface area (Å²) in [6.45, 7) is 7.83. The summed E-state index contributed by atoms with van der Waals surface area (Å²) in [6, 6.07) is 3.99. The van der Waals surface area contributed by atoms with Crippen LogP contribution in [0.3, 0.4) is 0 Å². The van der Waals surface area contributed by atoms with Crippen molar-refractivity contribution in [3.8, 4) is 11.3 Å². The van der Waals surface area contributed by atoms with Crippen LogP contribution in [0.4, 0.5) is 0 Å². The number of rotatable bonds is 1. The zero-order valence-corrected chi connectivity index (χ0v) is 15.5. The topological polar surface area (TPSA) is 67.5 Å². The average molecular weight is 350 g/mol. The fourth-order valence-electron chi connectivity index (χ4n) is 4.47. The Kier molecular flexibility index (Phi) is 3.52. The smallest absolute Gasteiger partial charge is 0.237 e. The second-order valence-electron chi connectivity index (χ2n) is 7.98. The van der Waals surface area contributed by atoms with Crippen LogP contribution in [0, 0.1) is 6.92 Å². The summed E-state index contributed by atoms with van der Waals surface area (Å²) in [5.74, 6) is -0.0559. The van der Waals surface area contributed by atoms with Crippen molar-refractivity contribution in [1.29, 1.82) is 0 Å². The van der Waals surface area contributed by atoms with Crippen molar-refractivity contribution in [3.63, 3.8) is 0 Å². The highest BCUT2D eigenvalue weighted by atomic mass is 16.3. The van der Waals surface area contributed by atoms with Crippen molar-refractivity contribution in [2.24, 2.45) is 0 Å². The van der Waals surface area contributed by atoms with E-state index in [2.05, 4.69) is 19.9 Å². The van der Waals surface area contributed by atoms with E-state index < -0.39 is 11.6 Å². The van der Waals surface area contributed by atoms with Crippen LogP contribution in [0.15, 0.2) is 22.8 Å². The lowest BCUT2D eigenvalue weighted by molar-refractivity contribution is 0.0813. The Hall–Kier alpha value is -2.62. The summed E-state index contributed by atoms with van der Waals surface area (Å²) in [4.78, 5) is 25.9. The second kappa shape index (κ2) is 5.44. The highest BCUT2D eigenvalue weighted by molar-refractivity contribution is 6.53. The molecule has 134 valence electrons. The number of Topliss-reactive ketones (excluding diaryl/α,β-unsaturated/α-hetero) is 2. The molecular weight excluding hydrogens is 328 g/mol. The summed E-state index contributed by atoms with van der Waals surface area (Å²) in [7, 11) is 0. The summed E-state index contributed by atoms with van der Waals surface area (Å²) >= 11 is 0. The number of aliphatic hydroxyl groups excluding tert-OH is 1. The number of benzene rings is 1. The first-order valence-electron chi connectivity index (χ1n) is 8.98. The molecule has 0 saturated carbocycles. The normalized spacial score (nSPS) is 18.4. The number of hydrogen-bond acceptors (Lipinski definition) is 4. The molecule has 1 N–H and O–H groups in total. The molecule has 4 nitrogen and oxygen atoms in total. The van der Waals surface area contributed by atoms with Crippen LogP contribution >= 0.6 is 0 Å². The van der Waals surface area contributed by atoms with Crippen molar-refractivity contribution in [3.05, 3.63) is 52.0 Å². The molecule has 2 aromatic rings. The summed E-state index contributed by atoms with van der Waals surface area (Å²) in [5.41, 5.74) is 4.80. The van der Waals surface area contributed by atoms with E-state index in [1.807, 2.05) is 6.07 Å². The quantitative estimate of drug-likeness (QED) is 0.569. The Morgan fingerprint density at radius 2 is 1.88 bits per heavy atom. The molecule has 0 amide bonds. The van der Waals surface area contributed by atoms with E-state index in [1.54, 1.807) is 13.8 Å². The van der Waals surface area contributed by atoms with Gasteiger partial charge in [0.15, 0.2) is 0 Å². The predicted molar refractivity (Wildman–Crippen MR) is 99.8 cm³/mol. The van der Waals surface area contributed by atoms with Crippen LogP contribution in [0.5, 0.6) is 0 Å². The van der Waals surface area contributed by atoms with Crippen molar-refractivity contribution in [1.82, 2.24) is 0 Å². The maximum absolute atomic E-state index is 13.0. The molecule has 0 unspecified atom stereocenters. The summed E-state index contributed by atoms with van der Waals surface area (Å²) in [6.07, 6.45) is 3.83. The molecule has 0 spiro atoms. The number of hydrogen-bond donors (Lipinski definition) is 1. The van der Waals surface area contributed by atoms with Gasteiger partial charge in [0.25, 0.3) is 0 Å². The van der Waals surface area contributed by atoms with E-state index in [4.69, 9.17) is 4.42 Å². The maximum Gasteiger partial charge on any atom is 0.237 e. The molecule has 0 atom stereocenters. The van der Waals surface area contributed by atoms with Gasteiger partial charge in [0.05, 0.1) is 11.8 Å². The van der Waals surface area contributed by atoms with Gasteiger partial charge in [-0.3, -0.25) is 9.59 Å². The molecule has 4 rings (SSSR count). The third-order valence-corrected chi connectivity index (χ3v) is 5.87. The van der Waals surface area contributed by atoms with E-state index in [1.165, 1.54) is 0 Å². The Labute approximate surface area is 152 Å². The van der Waals surface area contributed by atoms with Crippen LogP contribution in [-0.2, 0) is 11.8 Å². The molecule has 0 saturated heterocycles. The van der Waals surface area contributed by atoms with Crippen molar-refractivity contribution >= 4 is 17.1 Å². The molecule has 0 aliphatic heterocycles. The van der Waals surface area contributed by atoms with Crippen LogP contribution < -0.4 is 0 Å². The van der Waals surface area contributed by atoms with Gasteiger partial charge in [0, 0.05) is 22.3 Å². The van der Waals surface area contributed by atoms with Crippen LogP contribution in [-0.4, -0.2) is 16.7 Å². The number of allylic oxidation sites excluding steroid dienone is 1. The molecule has 0 radical (unpaired) electrons. The SMILES string of the molecule is C/C(=C\O)c1oc2c(c1C)C(=O)C(=O)c1c-2ccc2c1CCCC2(C)C. The number of carbonyl (C=O) groups is 2. The largest absolute Gasteiger partial charge is 0.515 e. The Bertz CT molecular complexity index is 1000. The minimum Gasteiger partial charge on any atom is -0.515 e. The number of aliphatic hydroxyl groups is 1. The minimum absolute atomic E-state index is 0.00727. The van der Waals surface area contributed by atoms with Gasteiger partial charge in [-0.1, -0.05) is 26.0 Å². The summed E-state index contributed by atoms with van der Waals surface area (Å²) < 4.78 is 5.98. The molecule has 2 aliphatic carbocycles. The first-order chi connectivity index (χ1) is 12.3. The van der Waals surface area contributed by atoms with Gasteiger partial charge in [-0.2, -0.15) is 0 Å². The molecule has 1 aromatic heterocycles. The minimum atomic E-state index is -0.512. The van der Waals surface area contributed by atoms with Crippen molar-refractivity contribution < 1.29 is 19.1 Å².